The second kappa shape index (κ2) is 6.56. The Labute approximate surface area is 127 Å². The van der Waals surface area contributed by atoms with Crippen LogP contribution in [-0.2, 0) is 11.3 Å². The molecule has 1 N–H and O–H groups in total. The number of hydrogen-bond donors (Lipinski definition) is 1. The van der Waals surface area contributed by atoms with Crippen molar-refractivity contribution in [1.29, 1.82) is 0 Å². The minimum absolute atomic E-state index is 0.205. The number of carbonyl (C=O) groups is 1. The highest BCUT2D eigenvalue weighted by atomic mass is 16.5. The molecule has 3 heterocycles. The van der Waals surface area contributed by atoms with Crippen LogP contribution < -0.4 is 10.2 Å². The van der Waals surface area contributed by atoms with Crippen LogP contribution >= 0.6 is 0 Å². The Kier molecular flexibility index (Phi) is 4.33. The van der Waals surface area contributed by atoms with Gasteiger partial charge in [0.2, 0.25) is 5.76 Å². The molecule has 9 nitrogen and oxygen atoms in total. The van der Waals surface area contributed by atoms with Crippen molar-refractivity contribution in [1.82, 2.24) is 25.5 Å². The molecule has 1 fully saturated rings. The highest BCUT2D eigenvalue weighted by Gasteiger charge is 2.18. The molecular formula is C13H18N6O3. The van der Waals surface area contributed by atoms with Crippen LogP contribution in [0.2, 0.25) is 0 Å². The number of amides is 1. The second-order valence-corrected chi connectivity index (χ2v) is 5.03. The molecule has 0 spiro atoms. The summed E-state index contributed by atoms with van der Waals surface area (Å²) in [6.45, 7) is 5.67. The Hall–Kier alpha value is -2.42. The molecule has 1 aliphatic rings. The van der Waals surface area contributed by atoms with Gasteiger partial charge in [-0.05, 0) is 6.92 Å². The van der Waals surface area contributed by atoms with Crippen molar-refractivity contribution in [2.75, 3.05) is 37.7 Å². The van der Waals surface area contributed by atoms with Crippen molar-refractivity contribution in [3.05, 3.63) is 23.7 Å². The number of nitrogens with zero attached hydrogens (tertiary/aromatic N) is 5. The van der Waals surface area contributed by atoms with Gasteiger partial charge < -0.3 is 19.5 Å². The number of aromatic nitrogens is 4. The highest BCUT2D eigenvalue weighted by molar-refractivity contribution is 5.92. The molecule has 0 unspecified atom stereocenters. The standard InChI is InChI=1S/C13H18N6O3/c1-10-9-19(17-15-10)3-2-14-13(20)11-8-12(16-22-11)18-4-6-21-7-5-18/h8-9H,2-7H2,1H3,(H,14,20). The third kappa shape index (κ3) is 3.42. The van der Waals surface area contributed by atoms with E-state index in [1.165, 1.54) is 0 Å². The monoisotopic (exact) mass is 306 g/mol. The molecule has 1 saturated heterocycles. The number of ether oxygens (including phenoxy) is 1. The molecule has 2 aromatic rings. The summed E-state index contributed by atoms with van der Waals surface area (Å²) in [5.74, 6) is 0.584. The van der Waals surface area contributed by atoms with Crippen molar-refractivity contribution in [3.8, 4) is 0 Å². The Balaban J connectivity index is 1.50. The van der Waals surface area contributed by atoms with E-state index in [1.54, 1.807) is 10.7 Å². The normalized spacial score (nSPS) is 15.0. The van der Waals surface area contributed by atoms with Crippen LogP contribution in [0.1, 0.15) is 16.2 Å². The molecule has 0 radical (unpaired) electrons. The van der Waals surface area contributed by atoms with Crippen LogP contribution in [0.5, 0.6) is 0 Å². The van der Waals surface area contributed by atoms with E-state index < -0.39 is 0 Å². The van der Waals surface area contributed by atoms with Gasteiger partial charge in [-0.15, -0.1) is 5.10 Å². The van der Waals surface area contributed by atoms with E-state index in [-0.39, 0.29) is 11.7 Å². The van der Waals surface area contributed by atoms with Gasteiger partial charge in [0.1, 0.15) is 0 Å². The fourth-order valence-electron chi connectivity index (χ4n) is 2.19. The van der Waals surface area contributed by atoms with E-state index in [4.69, 9.17) is 9.26 Å². The first-order chi connectivity index (χ1) is 10.7. The largest absolute Gasteiger partial charge is 0.378 e. The number of carbonyl (C=O) groups excluding carboxylic acids is 1. The summed E-state index contributed by atoms with van der Waals surface area (Å²) < 4.78 is 12.1. The molecule has 0 atom stereocenters. The number of nitrogens with one attached hydrogen (secondary N) is 1. The number of rotatable bonds is 5. The minimum atomic E-state index is -0.288. The molecule has 1 aliphatic heterocycles. The Morgan fingerprint density at radius 3 is 2.95 bits per heavy atom. The molecule has 9 heteroatoms. The predicted octanol–water partition coefficient (Wildman–Crippen LogP) is -0.159. The summed E-state index contributed by atoms with van der Waals surface area (Å²) in [5, 5.41) is 14.5. The number of hydrogen-bond acceptors (Lipinski definition) is 7. The first-order valence-corrected chi connectivity index (χ1v) is 7.17. The molecule has 0 aliphatic carbocycles. The van der Waals surface area contributed by atoms with Gasteiger partial charge in [-0.2, -0.15) is 0 Å². The average molecular weight is 306 g/mol. The van der Waals surface area contributed by atoms with E-state index in [0.717, 1.165) is 18.8 Å². The molecule has 0 aromatic carbocycles. The molecule has 0 bridgehead atoms. The topological polar surface area (TPSA) is 98.3 Å². The summed E-state index contributed by atoms with van der Waals surface area (Å²) in [6, 6.07) is 1.65. The van der Waals surface area contributed by atoms with E-state index in [9.17, 15) is 4.79 Å². The number of aryl methyl sites for hydroxylation is 1. The molecule has 3 rings (SSSR count). The molecule has 22 heavy (non-hydrogen) atoms. The van der Waals surface area contributed by atoms with Crippen molar-refractivity contribution < 1.29 is 14.1 Å². The van der Waals surface area contributed by atoms with E-state index in [0.29, 0.717) is 32.1 Å². The number of morpholine rings is 1. The molecule has 118 valence electrons. The lowest BCUT2D eigenvalue weighted by molar-refractivity contribution is 0.0914. The SMILES string of the molecule is Cc1cn(CCNC(=O)c2cc(N3CCOCC3)no2)nn1. The van der Waals surface area contributed by atoms with Crippen LogP contribution in [0.4, 0.5) is 5.82 Å². The first-order valence-electron chi connectivity index (χ1n) is 7.17. The van der Waals surface area contributed by atoms with Gasteiger partial charge in [0, 0.05) is 31.9 Å². The van der Waals surface area contributed by atoms with Crippen LogP contribution in [0.15, 0.2) is 16.8 Å². The van der Waals surface area contributed by atoms with Gasteiger partial charge in [0.25, 0.3) is 5.91 Å². The quantitative estimate of drug-likeness (QED) is 0.819. The van der Waals surface area contributed by atoms with E-state index >= 15 is 0 Å². The lowest BCUT2D eigenvalue weighted by Crippen LogP contribution is -2.36. The van der Waals surface area contributed by atoms with Gasteiger partial charge in [-0.1, -0.05) is 10.4 Å². The maximum Gasteiger partial charge on any atom is 0.290 e. The maximum absolute atomic E-state index is 12.0. The van der Waals surface area contributed by atoms with Gasteiger partial charge in [-0.25, -0.2) is 0 Å². The van der Waals surface area contributed by atoms with Crippen LogP contribution in [0, 0.1) is 6.92 Å². The average Bonchev–Trinajstić information content (AvgIpc) is 3.17. The molecular weight excluding hydrogens is 288 g/mol. The zero-order valence-electron chi connectivity index (χ0n) is 12.4. The lowest BCUT2D eigenvalue weighted by atomic mass is 10.3. The third-order valence-corrected chi connectivity index (χ3v) is 3.34. The Bertz CT molecular complexity index is 631. The summed E-state index contributed by atoms with van der Waals surface area (Å²) in [4.78, 5) is 14.0. The zero-order valence-corrected chi connectivity index (χ0v) is 12.4. The van der Waals surface area contributed by atoms with Gasteiger partial charge in [-0.3, -0.25) is 9.48 Å². The van der Waals surface area contributed by atoms with Crippen molar-refractivity contribution in [3.63, 3.8) is 0 Å². The van der Waals surface area contributed by atoms with Gasteiger partial charge in [0.15, 0.2) is 5.82 Å². The predicted molar refractivity (Wildman–Crippen MR) is 76.6 cm³/mol. The molecule has 1 amide bonds. The lowest BCUT2D eigenvalue weighted by Gasteiger charge is -2.25. The second-order valence-electron chi connectivity index (χ2n) is 5.03. The van der Waals surface area contributed by atoms with Crippen LogP contribution in [-0.4, -0.2) is 58.9 Å². The summed E-state index contributed by atoms with van der Waals surface area (Å²) in [6.07, 6.45) is 1.82. The van der Waals surface area contributed by atoms with Gasteiger partial charge in [0.05, 0.1) is 25.5 Å². The zero-order chi connectivity index (χ0) is 15.4. The Morgan fingerprint density at radius 1 is 1.41 bits per heavy atom. The van der Waals surface area contributed by atoms with Crippen molar-refractivity contribution >= 4 is 11.7 Å². The highest BCUT2D eigenvalue weighted by Crippen LogP contribution is 2.15. The fourth-order valence-corrected chi connectivity index (χ4v) is 2.19. The smallest absolute Gasteiger partial charge is 0.290 e. The van der Waals surface area contributed by atoms with Crippen LogP contribution in [0.3, 0.4) is 0 Å². The summed E-state index contributed by atoms with van der Waals surface area (Å²) in [7, 11) is 0. The van der Waals surface area contributed by atoms with E-state index in [1.807, 2.05) is 18.0 Å². The summed E-state index contributed by atoms with van der Waals surface area (Å²) in [5.41, 5.74) is 0.844. The maximum atomic E-state index is 12.0. The fraction of sp³-hybridized carbons (Fsp3) is 0.538. The number of anilines is 1. The minimum Gasteiger partial charge on any atom is -0.378 e. The molecule has 0 saturated carbocycles. The van der Waals surface area contributed by atoms with Crippen molar-refractivity contribution in [2.45, 2.75) is 13.5 Å². The Morgan fingerprint density at radius 2 is 2.23 bits per heavy atom. The van der Waals surface area contributed by atoms with E-state index in [2.05, 4.69) is 20.8 Å². The molecule has 2 aromatic heterocycles. The van der Waals surface area contributed by atoms with Gasteiger partial charge >= 0.3 is 0 Å². The third-order valence-electron chi connectivity index (χ3n) is 3.34. The van der Waals surface area contributed by atoms with Crippen LogP contribution in [0.25, 0.3) is 0 Å². The summed E-state index contributed by atoms with van der Waals surface area (Å²) >= 11 is 0. The first kappa shape index (κ1) is 14.5. The van der Waals surface area contributed by atoms with Crippen molar-refractivity contribution in [2.24, 2.45) is 0 Å².